The highest BCUT2D eigenvalue weighted by atomic mass is 16.2. The van der Waals surface area contributed by atoms with E-state index in [-0.39, 0.29) is 111 Å². The van der Waals surface area contributed by atoms with Gasteiger partial charge >= 0.3 is 0 Å². The van der Waals surface area contributed by atoms with E-state index in [2.05, 4.69) is 53.6 Å². The number of hydrogen-bond acceptors (Lipinski definition) is 10. The van der Waals surface area contributed by atoms with Gasteiger partial charge in [0.2, 0.25) is 35.4 Å². The Kier molecular flexibility index (Phi) is 26.2. The highest BCUT2D eigenvalue weighted by Gasteiger charge is 2.19. The molecule has 13 rings (SSSR count). The molecule has 8 aliphatic rings. The van der Waals surface area contributed by atoms with Crippen molar-refractivity contribution in [2.75, 3.05) is 38.8 Å². The first-order chi connectivity index (χ1) is 30.4. The standard InChI is InChI=1S/C18H20N4O2.3C9H8N2O2.6CH4/c23-17-11-5-13-1-2-14(4-3-13)6-12-18(24)22-20-16-9-7-15(8-10-16)19-21-17;12-8-5-9(13)11-7-2-1-6(10-8)3-4-7;12-8-5-9(13)11-7-3-1-2-6(4-7)10-8;12-8-6-3-1-2-4-7(6)9(13)11-5-10-8;;;;;;/h1-4,7-10,19-20H,5-6,11-12H2,(H,21,23)(H,22,24);3*1-4H,5H2,(H,10,12)(H,11,13);6*1H4. The van der Waals surface area contributed by atoms with Gasteiger partial charge < -0.3 is 31.9 Å². The van der Waals surface area contributed by atoms with E-state index in [0.29, 0.717) is 59.6 Å². The highest BCUT2D eigenvalue weighted by Crippen LogP contribution is 2.19. The zero-order valence-corrected chi connectivity index (χ0v) is 33.8. The quantitative estimate of drug-likeness (QED) is 0.0669. The summed E-state index contributed by atoms with van der Waals surface area (Å²) in [4.78, 5) is 90.9. The third-order valence-electron chi connectivity index (χ3n) is 9.32. The van der Waals surface area contributed by atoms with Crippen LogP contribution in [-0.4, -0.2) is 53.9 Å². The van der Waals surface area contributed by atoms with Crippen LogP contribution in [0.15, 0.2) is 121 Å². The normalized spacial score (nSPS) is 14.1. The molecular formula is C51H68N10O8. The van der Waals surface area contributed by atoms with Crippen molar-refractivity contribution >= 4 is 81.4 Å². The molecule has 0 aromatic heterocycles. The van der Waals surface area contributed by atoms with Gasteiger partial charge in [0.05, 0.1) is 29.2 Å². The highest BCUT2D eigenvalue weighted by molar-refractivity contribution is 6.10. The van der Waals surface area contributed by atoms with E-state index in [4.69, 9.17) is 0 Å². The van der Waals surface area contributed by atoms with Gasteiger partial charge in [-0.05, 0) is 103 Å². The maximum atomic E-state index is 11.9. The van der Waals surface area contributed by atoms with E-state index in [9.17, 15) is 38.4 Å². The van der Waals surface area contributed by atoms with E-state index in [1.807, 2.05) is 48.5 Å². The molecule has 0 aliphatic carbocycles. The molecule has 8 heterocycles. The molecule has 5 aromatic rings. The number of benzene rings is 5. The lowest BCUT2D eigenvalue weighted by Gasteiger charge is -2.12. The number of hydrogen-bond donors (Lipinski definition) is 10. The lowest BCUT2D eigenvalue weighted by molar-refractivity contribution is -0.125. The predicted octanol–water partition coefficient (Wildman–Crippen LogP) is 8.02. The van der Waals surface area contributed by atoms with Crippen LogP contribution in [0, 0.1) is 0 Å². The SMILES string of the molecule is C.C.C.C.C.C.O=C1CC(=O)Nc2ccc(cc2)N1.O=C1CC(=O)Nc2cccc(c2)N1.O=C1CCc2ccc(cc2)CCC(=O)NNc2ccc(cc2)NN1.O=C1NCNC(=O)c2ccccc21. The summed E-state index contributed by atoms with van der Waals surface area (Å²) in [7, 11) is 0. The zero-order valence-electron chi connectivity index (χ0n) is 33.8. The molecule has 10 N–H and O–H groups in total. The second kappa shape index (κ2) is 29.9. The first-order valence-corrected chi connectivity index (χ1v) is 19.8. The fraction of sp³-hybridized carbons (Fsp3) is 0.255. The topological polar surface area (TPSA) is 257 Å². The second-order valence-corrected chi connectivity index (χ2v) is 14.2. The van der Waals surface area contributed by atoms with Crippen LogP contribution >= 0.6 is 0 Å². The predicted molar refractivity (Wildman–Crippen MR) is 276 cm³/mol. The van der Waals surface area contributed by atoms with E-state index in [1.165, 1.54) is 0 Å². The molecule has 370 valence electrons. The zero-order chi connectivity index (χ0) is 44.6. The maximum absolute atomic E-state index is 11.9. The summed E-state index contributed by atoms with van der Waals surface area (Å²) in [5.74, 6) is -1.69. The van der Waals surface area contributed by atoms with Crippen LogP contribution in [-0.2, 0) is 41.6 Å². The smallest absolute Gasteiger partial charge is 0.253 e. The molecule has 0 radical (unpaired) electrons. The molecule has 0 saturated carbocycles. The Labute approximate surface area is 405 Å². The molecule has 0 unspecified atom stereocenters. The Morgan fingerprint density at radius 1 is 0.304 bits per heavy atom. The summed E-state index contributed by atoms with van der Waals surface area (Å²) in [6.45, 7) is 0.187. The van der Waals surface area contributed by atoms with Crippen LogP contribution in [0.25, 0.3) is 0 Å². The summed E-state index contributed by atoms with van der Waals surface area (Å²) >= 11 is 0. The Bertz CT molecular complexity index is 2270. The van der Waals surface area contributed by atoms with Crippen molar-refractivity contribution in [3.8, 4) is 0 Å². The number of rotatable bonds is 0. The monoisotopic (exact) mass is 949 g/mol. The fourth-order valence-electron chi connectivity index (χ4n) is 6.13. The minimum Gasteiger partial charge on any atom is -0.335 e. The van der Waals surface area contributed by atoms with Gasteiger partial charge in [-0.15, -0.1) is 0 Å². The largest absolute Gasteiger partial charge is 0.335 e. The van der Waals surface area contributed by atoms with E-state index in [0.717, 1.165) is 22.5 Å². The molecule has 0 fully saturated rings. The number of aryl methyl sites for hydroxylation is 2. The second-order valence-electron chi connectivity index (χ2n) is 14.2. The molecule has 8 bridgehead atoms. The van der Waals surface area contributed by atoms with Gasteiger partial charge in [0.15, 0.2) is 0 Å². The number of amides is 8. The van der Waals surface area contributed by atoms with Gasteiger partial charge in [-0.2, -0.15) is 0 Å². The summed E-state index contributed by atoms with van der Waals surface area (Å²) in [5.41, 5.74) is 18.6. The van der Waals surface area contributed by atoms with Crippen molar-refractivity contribution in [1.29, 1.82) is 0 Å². The molecule has 0 spiro atoms. The molecule has 0 atom stereocenters. The number of fused-ring (bicyclic) bond motifs is 9. The molecule has 5 aromatic carbocycles. The average molecular weight is 949 g/mol. The summed E-state index contributed by atoms with van der Waals surface area (Å²) < 4.78 is 0. The van der Waals surface area contributed by atoms with Crippen LogP contribution in [0.3, 0.4) is 0 Å². The Hall–Kier alpha value is -8.54. The van der Waals surface area contributed by atoms with Crippen LogP contribution in [0.2, 0.25) is 0 Å². The summed E-state index contributed by atoms with van der Waals surface area (Å²) in [6.07, 6.45) is 1.93. The molecule has 69 heavy (non-hydrogen) atoms. The van der Waals surface area contributed by atoms with Crippen molar-refractivity contribution in [3.63, 3.8) is 0 Å². The number of anilines is 6. The lowest BCUT2D eigenvalue weighted by atomic mass is 10.0. The average Bonchev–Trinajstić information content (AvgIpc) is 3.32. The van der Waals surface area contributed by atoms with Crippen LogP contribution < -0.4 is 53.6 Å². The Morgan fingerprint density at radius 2 is 0.638 bits per heavy atom. The van der Waals surface area contributed by atoms with E-state index >= 15 is 0 Å². The van der Waals surface area contributed by atoms with Gasteiger partial charge in [0.1, 0.15) is 12.8 Å². The summed E-state index contributed by atoms with van der Waals surface area (Å²) in [6, 6.07) is 36.1. The number of hydrazine groups is 2. The van der Waals surface area contributed by atoms with Gasteiger partial charge in [-0.25, -0.2) is 0 Å². The first-order valence-electron chi connectivity index (χ1n) is 19.8. The third-order valence-corrected chi connectivity index (χ3v) is 9.32. The van der Waals surface area contributed by atoms with Gasteiger partial charge in [0, 0.05) is 35.6 Å². The number of carbonyl (C=O) groups is 8. The van der Waals surface area contributed by atoms with Crippen LogP contribution in [0.1, 0.15) is 102 Å². The van der Waals surface area contributed by atoms with Gasteiger partial charge in [-0.1, -0.05) is 87.0 Å². The number of carbonyl (C=O) groups excluding carboxylic acids is 8. The van der Waals surface area contributed by atoms with Crippen molar-refractivity contribution in [3.05, 3.63) is 144 Å². The van der Waals surface area contributed by atoms with Crippen LogP contribution in [0.5, 0.6) is 0 Å². The molecule has 18 heteroatoms. The Balaban J connectivity index is 0.000000903. The molecule has 18 nitrogen and oxygen atoms in total. The summed E-state index contributed by atoms with van der Waals surface area (Å²) in [5, 5.41) is 15.6. The molecule has 8 amide bonds. The first kappa shape index (κ1) is 60.5. The van der Waals surface area contributed by atoms with Crippen molar-refractivity contribution < 1.29 is 38.4 Å². The van der Waals surface area contributed by atoms with Gasteiger partial charge in [0.25, 0.3) is 11.8 Å². The van der Waals surface area contributed by atoms with E-state index in [1.54, 1.807) is 72.8 Å². The van der Waals surface area contributed by atoms with Crippen molar-refractivity contribution in [2.45, 2.75) is 83.1 Å². The van der Waals surface area contributed by atoms with Crippen molar-refractivity contribution in [2.24, 2.45) is 0 Å². The van der Waals surface area contributed by atoms with Crippen LogP contribution in [0.4, 0.5) is 34.1 Å². The number of nitrogens with one attached hydrogen (secondary N) is 10. The maximum Gasteiger partial charge on any atom is 0.253 e. The minimum atomic E-state index is -0.287. The fourth-order valence-corrected chi connectivity index (χ4v) is 6.13. The van der Waals surface area contributed by atoms with Gasteiger partial charge in [-0.3, -0.25) is 60.1 Å². The van der Waals surface area contributed by atoms with Crippen molar-refractivity contribution in [1.82, 2.24) is 21.5 Å². The molecule has 0 saturated heterocycles. The molecule has 8 aliphatic heterocycles. The minimum absolute atomic E-state index is 0. The Morgan fingerprint density at radius 3 is 1.00 bits per heavy atom. The third kappa shape index (κ3) is 19.5. The molecular weight excluding hydrogens is 881 g/mol. The van der Waals surface area contributed by atoms with E-state index < -0.39 is 0 Å². The lowest BCUT2D eigenvalue weighted by Crippen LogP contribution is -2.32.